The lowest BCUT2D eigenvalue weighted by atomic mass is 9.76. The fourth-order valence-corrected chi connectivity index (χ4v) is 4.08. The minimum atomic E-state index is -0.787. The quantitative estimate of drug-likeness (QED) is 0.270. The van der Waals surface area contributed by atoms with Gasteiger partial charge in [0.25, 0.3) is 0 Å². The fraction of sp³-hybridized carbons (Fsp3) is 0.875. The molecule has 2 unspecified atom stereocenters. The van der Waals surface area contributed by atoms with Crippen LogP contribution < -0.4 is 5.73 Å². The van der Waals surface area contributed by atoms with Gasteiger partial charge in [-0.25, -0.2) is 0 Å². The van der Waals surface area contributed by atoms with Crippen LogP contribution in [0.25, 0.3) is 0 Å². The number of carbonyl (C=O) groups excluding carboxylic acids is 1. The molecule has 1 aliphatic heterocycles. The van der Waals surface area contributed by atoms with E-state index < -0.39 is 5.41 Å². The Labute approximate surface area is 127 Å². The second kappa shape index (κ2) is 6.67. The van der Waals surface area contributed by atoms with Gasteiger partial charge in [-0.05, 0) is 46.0 Å². The summed E-state index contributed by atoms with van der Waals surface area (Å²) in [6.07, 6.45) is 8.86. The molecule has 2 rings (SSSR count). The molecule has 1 saturated carbocycles. The smallest absolute Gasteiger partial charge is 0.237 e. The summed E-state index contributed by atoms with van der Waals surface area (Å²) in [5.41, 5.74) is 5.22. The summed E-state index contributed by atoms with van der Waals surface area (Å²) in [5.74, 6) is 0.193. The lowest BCUT2D eigenvalue weighted by Gasteiger charge is -2.44. The molecule has 120 valence electrons. The molecule has 1 amide bonds. The largest absolute Gasteiger partial charge is 0.409 e. The third-order valence-electron chi connectivity index (χ3n) is 5.39. The van der Waals surface area contributed by atoms with Crippen LogP contribution in [0.4, 0.5) is 0 Å². The Kier molecular flexibility index (Phi) is 5.12. The molecule has 5 nitrogen and oxygen atoms in total. The van der Waals surface area contributed by atoms with E-state index in [1.54, 1.807) is 0 Å². The Bertz CT molecular complexity index is 390. The first kappa shape index (κ1) is 16.1. The Morgan fingerprint density at radius 1 is 1.10 bits per heavy atom. The fourth-order valence-electron chi connectivity index (χ4n) is 4.08. The third-order valence-corrected chi connectivity index (χ3v) is 5.39. The Hall–Kier alpha value is -1.26. The van der Waals surface area contributed by atoms with Crippen LogP contribution in [0.1, 0.15) is 71.6 Å². The maximum Gasteiger partial charge on any atom is 0.237 e. The molecule has 2 atom stereocenters. The molecule has 1 saturated heterocycles. The number of nitrogens with two attached hydrogens (primary N) is 1. The molecule has 3 N–H and O–H groups in total. The standard InChI is InChI=1S/C16H29N3O2/c1-12-8-7-9-13(2)19(12)15(20)16(14(17)18-21)10-5-3-4-6-11-16/h12-13,21H,3-11H2,1-2H3,(H2,17,18). The van der Waals surface area contributed by atoms with E-state index in [0.717, 1.165) is 38.5 Å². The van der Waals surface area contributed by atoms with Gasteiger partial charge < -0.3 is 15.8 Å². The highest BCUT2D eigenvalue weighted by Gasteiger charge is 2.47. The second-order valence-corrected chi connectivity index (χ2v) is 6.82. The van der Waals surface area contributed by atoms with Crippen molar-refractivity contribution in [2.45, 2.75) is 83.7 Å². The molecule has 0 aromatic carbocycles. The van der Waals surface area contributed by atoms with Crippen molar-refractivity contribution >= 4 is 11.7 Å². The first-order valence-electron chi connectivity index (χ1n) is 8.33. The van der Waals surface area contributed by atoms with Gasteiger partial charge in [0.2, 0.25) is 5.91 Å². The van der Waals surface area contributed by atoms with E-state index in [2.05, 4.69) is 19.0 Å². The maximum atomic E-state index is 13.3. The number of likely N-dealkylation sites (tertiary alicyclic amines) is 1. The summed E-state index contributed by atoms with van der Waals surface area (Å²) >= 11 is 0. The van der Waals surface area contributed by atoms with Crippen LogP contribution in [0.3, 0.4) is 0 Å². The molecular weight excluding hydrogens is 266 g/mol. The summed E-state index contributed by atoms with van der Waals surface area (Å²) in [4.78, 5) is 15.3. The SMILES string of the molecule is CC1CCCC(C)N1C(=O)C1(C(N)=NO)CCCCCC1. The molecule has 0 radical (unpaired) electrons. The van der Waals surface area contributed by atoms with Crippen LogP contribution in [0.2, 0.25) is 0 Å². The number of nitrogens with zero attached hydrogens (tertiary/aromatic N) is 2. The van der Waals surface area contributed by atoms with Crippen molar-refractivity contribution < 1.29 is 10.0 Å². The van der Waals surface area contributed by atoms with Crippen LogP contribution in [0.15, 0.2) is 5.16 Å². The van der Waals surface area contributed by atoms with E-state index in [0.29, 0.717) is 12.8 Å². The number of hydrogen-bond donors (Lipinski definition) is 2. The topological polar surface area (TPSA) is 78.9 Å². The van der Waals surface area contributed by atoms with Crippen molar-refractivity contribution in [3.8, 4) is 0 Å². The van der Waals surface area contributed by atoms with Gasteiger partial charge in [-0.15, -0.1) is 0 Å². The van der Waals surface area contributed by atoms with Gasteiger partial charge in [-0.2, -0.15) is 0 Å². The van der Waals surface area contributed by atoms with Crippen molar-refractivity contribution in [1.29, 1.82) is 0 Å². The monoisotopic (exact) mass is 295 g/mol. The van der Waals surface area contributed by atoms with E-state index in [4.69, 9.17) is 5.73 Å². The van der Waals surface area contributed by atoms with E-state index in [-0.39, 0.29) is 23.8 Å². The van der Waals surface area contributed by atoms with E-state index in [1.165, 1.54) is 6.42 Å². The zero-order chi connectivity index (χ0) is 15.5. The minimum absolute atomic E-state index is 0.0828. The number of amides is 1. The van der Waals surface area contributed by atoms with Crippen LogP contribution in [0, 0.1) is 5.41 Å². The van der Waals surface area contributed by atoms with Crippen LogP contribution >= 0.6 is 0 Å². The molecule has 21 heavy (non-hydrogen) atoms. The van der Waals surface area contributed by atoms with Crippen LogP contribution in [-0.4, -0.2) is 33.9 Å². The first-order chi connectivity index (χ1) is 10.0. The number of piperidine rings is 1. The van der Waals surface area contributed by atoms with E-state index >= 15 is 0 Å². The summed E-state index contributed by atoms with van der Waals surface area (Å²) in [7, 11) is 0. The summed E-state index contributed by atoms with van der Waals surface area (Å²) in [6, 6.07) is 0.487. The minimum Gasteiger partial charge on any atom is -0.409 e. The number of oxime groups is 1. The molecule has 2 aliphatic rings. The summed E-state index contributed by atoms with van der Waals surface area (Å²) in [6.45, 7) is 4.23. The summed E-state index contributed by atoms with van der Waals surface area (Å²) in [5, 5.41) is 12.5. The highest BCUT2D eigenvalue weighted by Crippen LogP contribution is 2.39. The number of carbonyl (C=O) groups is 1. The molecule has 2 fully saturated rings. The molecule has 0 aromatic rings. The zero-order valence-corrected chi connectivity index (χ0v) is 13.3. The zero-order valence-electron chi connectivity index (χ0n) is 13.3. The average Bonchev–Trinajstić information content (AvgIpc) is 2.72. The molecule has 1 aliphatic carbocycles. The number of hydrogen-bond acceptors (Lipinski definition) is 3. The molecule has 0 bridgehead atoms. The molecule has 0 aromatic heterocycles. The predicted octanol–water partition coefficient (Wildman–Crippen LogP) is 2.86. The van der Waals surface area contributed by atoms with E-state index in [9.17, 15) is 10.0 Å². The first-order valence-corrected chi connectivity index (χ1v) is 8.33. The third kappa shape index (κ3) is 3.01. The van der Waals surface area contributed by atoms with Crippen molar-refractivity contribution in [3.05, 3.63) is 0 Å². The average molecular weight is 295 g/mol. The van der Waals surface area contributed by atoms with Gasteiger partial charge in [-0.3, -0.25) is 4.79 Å². The van der Waals surface area contributed by atoms with Gasteiger partial charge in [0.1, 0.15) is 5.41 Å². The number of amidine groups is 1. The molecule has 1 heterocycles. The number of rotatable bonds is 2. The van der Waals surface area contributed by atoms with Crippen molar-refractivity contribution in [3.63, 3.8) is 0 Å². The normalized spacial score (nSPS) is 30.8. The van der Waals surface area contributed by atoms with Gasteiger partial charge >= 0.3 is 0 Å². The highest BCUT2D eigenvalue weighted by molar-refractivity contribution is 6.07. The second-order valence-electron chi connectivity index (χ2n) is 6.82. The van der Waals surface area contributed by atoms with Gasteiger partial charge in [-0.1, -0.05) is 30.8 Å². The van der Waals surface area contributed by atoms with Gasteiger partial charge in [0, 0.05) is 12.1 Å². The van der Waals surface area contributed by atoms with Crippen LogP contribution in [-0.2, 0) is 4.79 Å². The van der Waals surface area contributed by atoms with E-state index in [1.807, 2.05) is 4.90 Å². The van der Waals surface area contributed by atoms with Gasteiger partial charge in [0.15, 0.2) is 5.84 Å². The molecule has 0 spiro atoms. The van der Waals surface area contributed by atoms with Crippen LogP contribution in [0.5, 0.6) is 0 Å². The highest BCUT2D eigenvalue weighted by atomic mass is 16.4. The maximum absolute atomic E-state index is 13.3. The molecular formula is C16H29N3O2. The van der Waals surface area contributed by atoms with Crippen molar-refractivity contribution in [2.24, 2.45) is 16.3 Å². The predicted molar refractivity (Wildman–Crippen MR) is 83.2 cm³/mol. The van der Waals surface area contributed by atoms with Crippen molar-refractivity contribution in [1.82, 2.24) is 4.90 Å². The Balaban J connectivity index is 2.33. The summed E-state index contributed by atoms with van der Waals surface area (Å²) < 4.78 is 0. The Morgan fingerprint density at radius 2 is 1.62 bits per heavy atom. The van der Waals surface area contributed by atoms with Gasteiger partial charge in [0.05, 0.1) is 0 Å². The Morgan fingerprint density at radius 3 is 2.10 bits per heavy atom. The lowest BCUT2D eigenvalue weighted by Crippen LogP contribution is -2.57. The molecule has 5 heteroatoms. The lowest BCUT2D eigenvalue weighted by molar-refractivity contribution is -0.145. The van der Waals surface area contributed by atoms with Crippen molar-refractivity contribution in [2.75, 3.05) is 0 Å².